The number of hydrogen-bond donors (Lipinski definition) is 1. The number of nitrogens with one attached hydrogen (secondary N) is 1. The van der Waals surface area contributed by atoms with Crippen LogP contribution in [-0.4, -0.2) is 6.04 Å². The van der Waals surface area contributed by atoms with Crippen molar-refractivity contribution in [3.63, 3.8) is 0 Å². The zero-order chi connectivity index (χ0) is 12.3. The first-order valence-corrected chi connectivity index (χ1v) is 6.76. The molecule has 0 aliphatic heterocycles. The van der Waals surface area contributed by atoms with Gasteiger partial charge in [-0.2, -0.15) is 0 Å². The van der Waals surface area contributed by atoms with Crippen LogP contribution in [0.25, 0.3) is 0 Å². The van der Waals surface area contributed by atoms with Gasteiger partial charge in [0, 0.05) is 17.6 Å². The zero-order valence-corrected chi connectivity index (χ0v) is 10.7. The summed E-state index contributed by atoms with van der Waals surface area (Å²) in [5.74, 6) is 0.736. The minimum atomic E-state index is -0.0838. The van der Waals surface area contributed by atoms with Gasteiger partial charge in [-0.15, -0.1) is 0 Å². The molecule has 0 saturated heterocycles. The molecule has 1 saturated carbocycles. The number of benzene rings is 1. The smallest absolute Gasteiger partial charge is 0.127 e. The fourth-order valence-corrected chi connectivity index (χ4v) is 2.59. The minimum absolute atomic E-state index is 0.0838. The van der Waals surface area contributed by atoms with E-state index in [-0.39, 0.29) is 11.9 Å². The average Bonchev–Trinajstić information content (AvgIpc) is 3.06. The van der Waals surface area contributed by atoms with Gasteiger partial charge >= 0.3 is 0 Å². The molecule has 1 aromatic rings. The minimum Gasteiger partial charge on any atom is -0.307 e. The van der Waals surface area contributed by atoms with Crippen LogP contribution in [0, 0.1) is 11.7 Å². The van der Waals surface area contributed by atoms with Gasteiger partial charge in [-0.25, -0.2) is 4.39 Å². The topological polar surface area (TPSA) is 12.0 Å². The molecule has 0 bridgehead atoms. The van der Waals surface area contributed by atoms with Crippen LogP contribution in [0.1, 0.15) is 51.1 Å². The SMILES string of the molecule is CCCC1CC1NC(CC)c1ccccc1F. The normalized spacial score (nSPS) is 24.6. The second-order valence-corrected chi connectivity index (χ2v) is 5.04. The molecular formula is C15H22FN. The number of hydrogen-bond acceptors (Lipinski definition) is 1. The largest absolute Gasteiger partial charge is 0.307 e. The first-order valence-electron chi connectivity index (χ1n) is 6.76. The molecule has 0 amide bonds. The van der Waals surface area contributed by atoms with Crippen LogP contribution < -0.4 is 5.32 Å². The summed E-state index contributed by atoms with van der Waals surface area (Å²) in [5, 5.41) is 3.59. The maximum Gasteiger partial charge on any atom is 0.127 e. The molecule has 2 rings (SSSR count). The van der Waals surface area contributed by atoms with E-state index < -0.39 is 0 Å². The molecule has 0 heterocycles. The van der Waals surface area contributed by atoms with E-state index in [2.05, 4.69) is 19.2 Å². The Labute approximate surface area is 103 Å². The van der Waals surface area contributed by atoms with E-state index in [9.17, 15) is 4.39 Å². The summed E-state index contributed by atoms with van der Waals surface area (Å²) in [4.78, 5) is 0. The van der Waals surface area contributed by atoms with Crippen molar-refractivity contribution in [3.05, 3.63) is 35.6 Å². The van der Waals surface area contributed by atoms with Crippen molar-refractivity contribution in [2.45, 2.75) is 51.6 Å². The Hall–Kier alpha value is -0.890. The quantitative estimate of drug-likeness (QED) is 0.784. The lowest BCUT2D eigenvalue weighted by molar-refractivity contribution is 0.467. The van der Waals surface area contributed by atoms with Gasteiger partial charge in [-0.1, -0.05) is 38.5 Å². The Morgan fingerprint density at radius 2 is 2.12 bits per heavy atom. The molecule has 3 unspecified atom stereocenters. The molecule has 17 heavy (non-hydrogen) atoms. The number of halogens is 1. The van der Waals surface area contributed by atoms with Crippen molar-refractivity contribution in [3.8, 4) is 0 Å². The Morgan fingerprint density at radius 1 is 1.35 bits per heavy atom. The Morgan fingerprint density at radius 3 is 2.76 bits per heavy atom. The molecule has 1 aliphatic carbocycles. The van der Waals surface area contributed by atoms with Crippen molar-refractivity contribution in [1.29, 1.82) is 0 Å². The highest BCUT2D eigenvalue weighted by Crippen LogP contribution is 2.37. The van der Waals surface area contributed by atoms with Crippen molar-refractivity contribution in [1.82, 2.24) is 5.32 Å². The summed E-state index contributed by atoms with van der Waals surface area (Å²) in [6.07, 6.45) is 4.75. The second-order valence-electron chi connectivity index (χ2n) is 5.04. The monoisotopic (exact) mass is 235 g/mol. The molecule has 1 N–H and O–H groups in total. The third-order valence-corrected chi connectivity index (χ3v) is 3.69. The summed E-state index contributed by atoms with van der Waals surface area (Å²) >= 11 is 0. The highest BCUT2D eigenvalue weighted by atomic mass is 19.1. The average molecular weight is 235 g/mol. The van der Waals surface area contributed by atoms with Gasteiger partial charge in [-0.3, -0.25) is 0 Å². The molecule has 94 valence electrons. The van der Waals surface area contributed by atoms with Crippen molar-refractivity contribution in [2.24, 2.45) is 5.92 Å². The second kappa shape index (κ2) is 5.63. The molecule has 1 aliphatic rings. The lowest BCUT2D eigenvalue weighted by Crippen LogP contribution is -2.25. The van der Waals surface area contributed by atoms with Crippen LogP contribution in [0.5, 0.6) is 0 Å². The highest BCUT2D eigenvalue weighted by Gasteiger charge is 2.37. The molecule has 1 aromatic carbocycles. The van der Waals surface area contributed by atoms with Gasteiger partial charge in [0.1, 0.15) is 5.82 Å². The van der Waals surface area contributed by atoms with E-state index in [0.717, 1.165) is 17.9 Å². The van der Waals surface area contributed by atoms with E-state index >= 15 is 0 Å². The van der Waals surface area contributed by atoms with Gasteiger partial charge in [-0.05, 0) is 31.2 Å². The Bertz CT molecular complexity index is 364. The van der Waals surface area contributed by atoms with E-state index in [1.165, 1.54) is 19.3 Å². The van der Waals surface area contributed by atoms with Crippen LogP contribution in [0.3, 0.4) is 0 Å². The molecule has 2 heteroatoms. The van der Waals surface area contributed by atoms with Gasteiger partial charge in [0.15, 0.2) is 0 Å². The van der Waals surface area contributed by atoms with E-state index in [1.807, 2.05) is 12.1 Å². The molecule has 0 spiro atoms. The summed E-state index contributed by atoms with van der Waals surface area (Å²) in [6, 6.07) is 7.90. The van der Waals surface area contributed by atoms with Crippen LogP contribution in [0.15, 0.2) is 24.3 Å². The third-order valence-electron chi connectivity index (χ3n) is 3.69. The highest BCUT2D eigenvalue weighted by molar-refractivity contribution is 5.21. The standard InChI is InChI=1S/C15H22FN/c1-3-7-11-10-15(11)17-14(4-2)12-8-5-6-9-13(12)16/h5-6,8-9,11,14-15,17H,3-4,7,10H2,1-2H3. The summed E-state index contributed by atoms with van der Waals surface area (Å²) < 4.78 is 13.7. The maximum atomic E-state index is 13.7. The Kier molecular flexibility index (Phi) is 4.16. The zero-order valence-electron chi connectivity index (χ0n) is 10.7. The van der Waals surface area contributed by atoms with E-state index in [4.69, 9.17) is 0 Å². The van der Waals surface area contributed by atoms with Crippen LogP contribution in [0.4, 0.5) is 4.39 Å². The van der Waals surface area contributed by atoms with Crippen molar-refractivity contribution < 1.29 is 4.39 Å². The first kappa shape index (κ1) is 12.6. The molecule has 0 aromatic heterocycles. The summed E-state index contributed by atoms with van der Waals surface area (Å²) in [5.41, 5.74) is 0.817. The van der Waals surface area contributed by atoms with Gasteiger partial charge in [0.2, 0.25) is 0 Å². The third kappa shape index (κ3) is 3.06. The predicted octanol–water partition coefficient (Wildman–Crippen LogP) is 4.06. The molecule has 1 nitrogen and oxygen atoms in total. The predicted molar refractivity (Wildman–Crippen MR) is 69.4 cm³/mol. The molecule has 3 atom stereocenters. The van der Waals surface area contributed by atoms with Crippen LogP contribution in [-0.2, 0) is 0 Å². The lowest BCUT2D eigenvalue weighted by atomic mass is 10.0. The van der Waals surface area contributed by atoms with E-state index in [0.29, 0.717) is 6.04 Å². The molecule has 1 fully saturated rings. The van der Waals surface area contributed by atoms with Crippen LogP contribution in [0.2, 0.25) is 0 Å². The molecule has 0 radical (unpaired) electrons. The summed E-state index contributed by atoms with van der Waals surface area (Å²) in [6.45, 7) is 4.34. The van der Waals surface area contributed by atoms with Gasteiger partial charge < -0.3 is 5.32 Å². The fraction of sp³-hybridized carbons (Fsp3) is 0.600. The van der Waals surface area contributed by atoms with E-state index in [1.54, 1.807) is 12.1 Å². The van der Waals surface area contributed by atoms with Crippen molar-refractivity contribution >= 4 is 0 Å². The van der Waals surface area contributed by atoms with Gasteiger partial charge in [0.25, 0.3) is 0 Å². The fourth-order valence-electron chi connectivity index (χ4n) is 2.59. The van der Waals surface area contributed by atoms with Crippen LogP contribution >= 0.6 is 0 Å². The van der Waals surface area contributed by atoms with Gasteiger partial charge in [0.05, 0.1) is 0 Å². The Balaban J connectivity index is 1.96. The number of rotatable bonds is 6. The first-order chi connectivity index (χ1) is 8.26. The maximum absolute atomic E-state index is 13.7. The summed E-state index contributed by atoms with van der Waals surface area (Å²) in [7, 11) is 0. The molecular weight excluding hydrogens is 213 g/mol. The lowest BCUT2D eigenvalue weighted by Gasteiger charge is -2.18. The van der Waals surface area contributed by atoms with Crippen molar-refractivity contribution in [2.75, 3.05) is 0 Å².